The molecule has 0 amide bonds. The second-order valence-electron chi connectivity index (χ2n) is 5.10. The van der Waals surface area contributed by atoms with Crippen molar-refractivity contribution in [3.8, 4) is 0 Å². The topological polar surface area (TPSA) is 76.7 Å². The van der Waals surface area contributed by atoms with Gasteiger partial charge >= 0.3 is 0 Å². The molecule has 7 heteroatoms. The molecular weight excluding hydrogens is 254 g/mol. The quantitative estimate of drug-likeness (QED) is 0.797. The number of aliphatic hydroxyl groups is 1. The Morgan fingerprint density at radius 2 is 2.11 bits per heavy atom. The molecule has 0 atom stereocenters. The highest BCUT2D eigenvalue weighted by molar-refractivity contribution is 6.33. The molecule has 18 heavy (non-hydrogen) atoms. The summed E-state index contributed by atoms with van der Waals surface area (Å²) in [6, 6.07) is 0.223. The monoisotopic (exact) mass is 267 g/mol. The van der Waals surface area contributed by atoms with E-state index in [4.69, 9.17) is 11.6 Å². The summed E-state index contributed by atoms with van der Waals surface area (Å²) in [7, 11) is 0. The second kappa shape index (κ2) is 4.13. The molecule has 6 nitrogen and oxygen atoms in total. The third-order valence-electron chi connectivity index (χ3n) is 3.59. The maximum Gasteiger partial charge on any atom is 0.183 e. The third kappa shape index (κ3) is 1.95. The van der Waals surface area contributed by atoms with Gasteiger partial charge in [0.2, 0.25) is 0 Å². The Morgan fingerprint density at radius 3 is 2.83 bits per heavy atom. The van der Waals surface area contributed by atoms with Gasteiger partial charge in [-0.1, -0.05) is 16.8 Å². The van der Waals surface area contributed by atoms with Gasteiger partial charge in [0.25, 0.3) is 0 Å². The smallest absolute Gasteiger partial charge is 0.183 e. The van der Waals surface area contributed by atoms with Crippen molar-refractivity contribution in [1.82, 2.24) is 25.0 Å². The summed E-state index contributed by atoms with van der Waals surface area (Å²) < 4.78 is 1.80. The van der Waals surface area contributed by atoms with Gasteiger partial charge in [0.1, 0.15) is 6.33 Å². The van der Waals surface area contributed by atoms with Gasteiger partial charge < -0.3 is 5.11 Å². The third-order valence-corrected chi connectivity index (χ3v) is 3.87. The van der Waals surface area contributed by atoms with Gasteiger partial charge in [-0.15, -0.1) is 5.10 Å². The van der Waals surface area contributed by atoms with Crippen molar-refractivity contribution in [2.24, 2.45) is 0 Å². The van der Waals surface area contributed by atoms with Crippen molar-refractivity contribution >= 4 is 22.8 Å². The van der Waals surface area contributed by atoms with Crippen LogP contribution in [0.15, 0.2) is 6.33 Å². The van der Waals surface area contributed by atoms with Gasteiger partial charge in [-0.05, 0) is 32.6 Å². The lowest BCUT2D eigenvalue weighted by Crippen LogP contribution is -2.31. The Hall–Kier alpha value is -1.27. The number of aromatic nitrogens is 5. The molecule has 1 N–H and O–H groups in total. The fourth-order valence-corrected chi connectivity index (χ4v) is 2.62. The highest BCUT2D eigenvalue weighted by atomic mass is 35.5. The molecule has 0 aliphatic heterocycles. The minimum absolute atomic E-state index is 0.223. The maximum atomic E-state index is 9.96. The fraction of sp³-hybridized carbons (Fsp3) is 0.636. The average Bonchev–Trinajstić information content (AvgIpc) is 2.74. The molecule has 0 radical (unpaired) electrons. The Kier molecular flexibility index (Phi) is 2.71. The van der Waals surface area contributed by atoms with E-state index in [1.165, 1.54) is 6.33 Å². The largest absolute Gasteiger partial charge is 0.390 e. The van der Waals surface area contributed by atoms with Crippen LogP contribution in [0.2, 0.25) is 5.15 Å². The number of rotatable bonds is 1. The number of halogens is 1. The molecule has 0 aromatic carbocycles. The van der Waals surface area contributed by atoms with Crippen molar-refractivity contribution in [3.63, 3.8) is 0 Å². The normalized spacial score (nSPS) is 28.7. The van der Waals surface area contributed by atoms with Crippen molar-refractivity contribution in [2.45, 2.75) is 44.2 Å². The van der Waals surface area contributed by atoms with E-state index in [9.17, 15) is 5.11 Å². The standard InChI is InChI=1S/C11H14ClN5O/c1-11(18)4-2-7(3-5-11)17-10-8(15-16-17)9(12)13-6-14-10/h6-7,18H,2-5H2,1H3. The van der Waals surface area contributed by atoms with Crippen LogP contribution in [0.4, 0.5) is 0 Å². The first kappa shape index (κ1) is 11.8. The van der Waals surface area contributed by atoms with Crippen LogP contribution >= 0.6 is 11.6 Å². The van der Waals surface area contributed by atoms with Crippen LogP contribution in [-0.4, -0.2) is 35.7 Å². The van der Waals surface area contributed by atoms with E-state index < -0.39 is 5.60 Å². The SMILES string of the molecule is CC1(O)CCC(n2nnc3c(Cl)ncnc32)CC1. The Bertz CT molecular complexity index is 572. The molecule has 96 valence electrons. The molecule has 0 unspecified atom stereocenters. The van der Waals surface area contributed by atoms with Crippen molar-refractivity contribution in [3.05, 3.63) is 11.5 Å². The zero-order valence-electron chi connectivity index (χ0n) is 10.0. The van der Waals surface area contributed by atoms with Crippen LogP contribution in [0.25, 0.3) is 11.2 Å². The first-order chi connectivity index (χ1) is 8.57. The minimum Gasteiger partial charge on any atom is -0.390 e. The predicted octanol–water partition coefficient (Wildman–Crippen LogP) is 1.74. The lowest BCUT2D eigenvalue weighted by atomic mass is 9.84. The van der Waals surface area contributed by atoms with Gasteiger partial charge in [0, 0.05) is 0 Å². The summed E-state index contributed by atoms with van der Waals surface area (Å²) in [5.74, 6) is 0. The lowest BCUT2D eigenvalue weighted by molar-refractivity contribution is 0.00875. The molecule has 2 aromatic rings. The van der Waals surface area contributed by atoms with E-state index in [1.54, 1.807) is 4.68 Å². The molecule has 2 aromatic heterocycles. The van der Waals surface area contributed by atoms with E-state index in [1.807, 2.05) is 6.92 Å². The first-order valence-corrected chi connectivity index (χ1v) is 6.38. The fourth-order valence-electron chi connectivity index (χ4n) is 2.45. The Labute approximate surface area is 109 Å². The number of nitrogens with zero attached hydrogens (tertiary/aromatic N) is 5. The molecule has 1 saturated carbocycles. The molecular formula is C11H14ClN5O. The molecule has 0 saturated heterocycles. The van der Waals surface area contributed by atoms with E-state index in [0.717, 1.165) is 25.7 Å². The lowest BCUT2D eigenvalue weighted by Gasteiger charge is -2.32. The second-order valence-corrected chi connectivity index (χ2v) is 5.46. The average molecular weight is 268 g/mol. The zero-order valence-corrected chi connectivity index (χ0v) is 10.8. The number of fused-ring (bicyclic) bond motifs is 1. The summed E-state index contributed by atoms with van der Waals surface area (Å²) in [6.45, 7) is 1.88. The highest BCUT2D eigenvalue weighted by Gasteiger charge is 2.31. The molecule has 0 spiro atoms. The van der Waals surface area contributed by atoms with Crippen LogP contribution in [0.5, 0.6) is 0 Å². The Balaban J connectivity index is 1.94. The van der Waals surface area contributed by atoms with Gasteiger partial charge in [-0.2, -0.15) is 0 Å². The van der Waals surface area contributed by atoms with Crippen LogP contribution < -0.4 is 0 Å². The summed E-state index contributed by atoms with van der Waals surface area (Å²) in [5, 5.41) is 18.4. The van der Waals surface area contributed by atoms with E-state index >= 15 is 0 Å². The molecule has 1 aliphatic carbocycles. The molecule has 1 fully saturated rings. The van der Waals surface area contributed by atoms with Gasteiger partial charge in [0.15, 0.2) is 16.3 Å². The summed E-state index contributed by atoms with van der Waals surface area (Å²) in [4.78, 5) is 8.08. The van der Waals surface area contributed by atoms with E-state index in [0.29, 0.717) is 16.3 Å². The number of hydrogen-bond acceptors (Lipinski definition) is 5. The van der Waals surface area contributed by atoms with Crippen molar-refractivity contribution < 1.29 is 5.11 Å². The molecule has 3 rings (SSSR count). The highest BCUT2D eigenvalue weighted by Crippen LogP contribution is 2.35. The first-order valence-electron chi connectivity index (χ1n) is 6.01. The maximum absolute atomic E-state index is 9.96. The summed E-state index contributed by atoms with van der Waals surface area (Å²) in [6.07, 6.45) is 4.68. The molecule has 1 aliphatic rings. The molecule has 0 bridgehead atoms. The van der Waals surface area contributed by atoms with Gasteiger partial charge in [0.05, 0.1) is 11.6 Å². The van der Waals surface area contributed by atoms with Crippen LogP contribution in [-0.2, 0) is 0 Å². The predicted molar refractivity (Wildman–Crippen MR) is 66.3 cm³/mol. The summed E-state index contributed by atoms with van der Waals surface area (Å²) >= 11 is 5.95. The van der Waals surface area contributed by atoms with Crippen molar-refractivity contribution in [2.75, 3.05) is 0 Å². The zero-order chi connectivity index (χ0) is 12.8. The van der Waals surface area contributed by atoms with Gasteiger partial charge in [-0.3, -0.25) is 0 Å². The van der Waals surface area contributed by atoms with Crippen LogP contribution in [0, 0.1) is 0 Å². The minimum atomic E-state index is -0.556. The van der Waals surface area contributed by atoms with E-state index in [2.05, 4.69) is 20.3 Å². The number of hydrogen-bond donors (Lipinski definition) is 1. The van der Waals surface area contributed by atoms with Crippen LogP contribution in [0.3, 0.4) is 0 Å². The Morgan fingerprint density at radius 1 is 1.39 bits per heavy atom. The van der Waals surface area contributed by atoms with Crippen molar-refractivity contribution in [1.29, 1.82) is 0 Å². The molecule has 2 heterocycles. The van der Waals surface area contributed by atoms with E-state index in [-0.39, 0.29) is 6.04 Å². The summed E-state index contributed by atoms with van der Waals surface area (Å²) in [5.41, 5.74) is 0.650. The van der Waals surface area contributed by atoms with Gasteiger partial charge in [-0.25, -0.2) is 14.6 Å². The van der Waals surface area contributed by atoms with Crippen LogP contribution in [0.1, 0.15) is 38.6 Å².